The van der Waals surface area contributed by atoms with Gasteiger partial charge in [0.15, 0.2) is 0 Å². The first-order chi connectivity index (χ1) is 15.5. The van der Waals surface area contributed by atoms with Crippen LogP contribution < -0.4 is 14.5 Å². The number of hydrogen-bond donors (Lipinski definition) is 2. The Morgan fingerprint density at radius 3 is 2.48 bits per heavy atom. The maximum Gasteiger partial charge on any atom is 0.414 e. The molecule has 0 aliphatic carbocycles. The summed E-state index contributed by atoms with van der Waals surface area (Å²) in [6.45, 7) is 6.74. The Kier molecular flexibility index (Phi) is 7.41. The van der Waals surface area contributed by atoms with Crippen LogP contribution in [0.1, 0.15) is 27.7 Å². The van der Waals surface area contributed by atoms with Crippen LogP contribution in [0.4, 0.5) is 16.2 Å². The number of aliphatic hydroxyl groups excluding tert-OH is 1. The first-order valence-electron chi connectivity index (χ1n) is 10.7. The van der Waals surface area contributed by atoms with Gasteiger partial charge in [-0.1, -0.05) is 18.2 Å². The van der Waals surface area contributed by atoms with Gasteiger partial charge in [-0.05, 0) is 56.2 Å². The third-order valence-electron chi connectivity index (χ3n) is 5.19. The van der Waals surface area contributed by atoms with Gasteiger partial charge >= 0.3 is 6.09 Å². The molecule has 0 radical (unpaired) electrons. The van der Waals surface area contributed by atoms with Gasteiger partial charge in [0.2, 0.25) is 15.9 Å². The van der Waals surface area contributed by atoms with Gasteiger partial charge in [-0.3, -0.25) is 9.69 Å². The first kappa shape index (κ1) is 24.7. The van der Waals surface area contributed by atoms with E-state index in [9.17, 15) is 18.0 Å². The quantitative estimate of drug-likeness (QED) is 0.664. The maximum atomic E-state index is 12.8. The Morgan fingerprint density at radius 2 is 1.85 bits per heavy atom. The minimum Gasteiger partial charge on any atom is -0.446 e. The summed E-state index contributed by atoms with van der Waals surface area (Å²) in [5, 5.41) is 8.93. The second kappa shape index (κ2) is 9.90. The standard InChI is InChI=1S/C23H29N3O6S/c1-15(2)32-23(29)25-14-16(3)26(17(4)28)21-9-8-19(13-22(21)25)18-6-5-7-20(12-18)33(30,31)24-10-11-27/h5-9,12-13,15-16,24,27H,10-11,14H2,1-4H3. The number of sulfonamides is 1. The molecule has 3 rings (SSSR count). The molecule has 1 atom stereocenters. The van der Waals surface area contributed by atoms with E-state index in [0.29, 0.717) is 22.5 Å². The molecule has 33 heavy (non-hydrogen) atoms. The number of benzene rings is 2. The zero-order chi connectivity index (χ0) is 24.3. The third-order valence-corrected chi connectivity index (χ3v) is 6.65. The number of nitrogens with zero attached hydrogens (tertiary/aromatic N) is 2. The molecule has 9 nitrogen and oxygen atoms in total. The Morgan fingerprint density at radius 1 is 1.15 bits per heavy atom. The Balaban J connectivity index is 2.08. The molecule has 2 N–H and O–H groups in total. The topological polar surface area (TPSA) is 116 Å². The molecule has 178 valence electrons. The SMILES string of the molecule is CC(=O)N1c2ccc(-c3cccc(S(=O)(=O)NCCO)c3)cc2N(C(=O)OC(C)C)CC1C. The predicted molar refractivity (Wildman–Crippen MR) is 126 cm³/mol. The number of amides is 2. The first-order valence-corrected chi connectivity index (χ1v) is 12.2. The number of aliphatic hydroxyl groups is 1. The van der Waals surface area contributed by atoms with Crippen LogP contribution in [0.5, 0.6) is 0 Å². The zero-order valence-electron chi connectivity index (χ0n) is 19.1. The number of rotatable bonds is 6. The van der Waals surface area contributed by atoms with Crippen molar-refractivity contribution in [1.29, 1.82) is 0 Å². The Bertz CT molecular complexity index is 1150. The molecule has 0 fully saturated rings. The van der Waals surface area contributed by atoms with Crippen LogP contribution in [0.2, 0.25) is 0 Å². The van der Waals surface area contributed by atoms with Crippen LogP contribution in [-0.2, 0) is 19.6 Å². The van der Waals surface area contributed by atoms with E-state index in [-0.39, 0.29) is 42.6 Å². The summed E-state index contributed by atoms with van der Waals surface area (Å²) in [6, 6.07) is 11.4. The van der Waals surface area contributed by atoms with Gasteiger partial charge in [0.1, 0.15) is 0 Å². The van der Waals surface area contributed by atoms with Crippen LogP contribution >= 0.6 is 0 Å². The highest BCUT2D eigenvalue weighted by Gasteiger charge is 2.34. The van der Waals surface area contributed by atoms with Crippen LogP contribution in [0.15, 0.2) is 47.4 Å². The van der Waals surface area contributed by atoms with E-state index in [1.807, 2.05) is 6.92 Å². The van der Waals surface area contributed by atoms with Crippen LogP contribution in [0.3, 0.4) is 0 Å². The molecule has 0 bridgehead atoms. The van der Waals surface area contributed by atoms with Crippen molar-refractivity contribution in [1.82, 2.24) is 4.72 Å². The average molecular weight is 476 g/mol. The molecule has 0 aromatic heterocycles. The number of nitrogens with one attached hydrogen (secondary N) is 1. The molecule has 1 unspecified atom stereocenters. The molecular formula is C23H29N3O6S. The van der Waals surface area contributed by atoms with Gasteiger partial charge in [0.05, 0.1) is 35.0 Å². The predicted octanol–water partition coefficient (Wildman–Crippen LogP) is 2.73. The number of carbonyl (C=O) groups is 2. The fourth-order valence-electron chi connectivity index (χ4n) is 3.83. The van der Waals surface area contributed by atoms with E-state index in [4.69, 9.17) is 9.84 Å². The van der Waals surface area contributed by atoms with Crippen molar-refractivity contribution in [3.8, 4) is 11.1 Å². The van der Waals surface area contributed by atoms with Crippen LogP contribution in [0, 0.1) is 0 Å². The number of ether oxygens (including phenoxy) is 1. The molecule has 1 aliphatic heterocycles. The maximum absolute atomic E-state index is 12.8. The molecule has 0 saturated heterocycles. The Labute approximate surface area is 194 Å². The number of anilines is 2. The molecule has 1 aliphatic rings. The van der Waals surface area contributed by atoms with Crippen LogP contribution in [-0.4, -0.2) is 57.4 Å². The van der Waals surface area contributed by atoms with Crippen molar-refractivity contribution < 1.29 is 27.9 Å². The minimum absolute atomic E-state index is 0.0567. The largest absolute Gasteiger partial charge is 0.446 e. The highest BCUT2D eigenvalue weighted by molar-refractivity contribution is 7.89. The smallest absolute Gasteiger partial charge is 0.414 e. The summed E-state index contributed by atoms with van der Waals surface area (Å²) >= 11 is 0. The molecule has 0 saturated carbocycles. The van der Waals surface area contributed by atoms with Gasteiger partial charge in [-0.25, -0.2) is 17.9 Å². The number of carbonyl (C=O) groups excluding carboxylic acids is 2. The lowest BCUT2D eigenvalue weighted by Gasteiger charge is -2.40. The summed E-state index contributed by atoms with van der Waals surface area (Å²) < 4.78 is 32.7. The lowest BCUT2D eigenvalue weighted by atomic mass is 10.0. The highest BCUT2D eigenvalue weighted by atomic mass is 32.2. The van der Waals surface area contributed by atoms with E-state index < -0.39 is 16.1 Å². The monoisotopic (exact) mass is 475 g/mol. The fraction of sp³-hybridized carbons (Fsp3) is 0.391. The lowest BCUT2D eigenvalue weighted by molar-refractivity contribution is -0.117. The summed E-state index contributed by atoms with van der Waals surface area (Å²) in [4.78, 5) is 28.3. The summed E-state index contributed by atoms with van der Waals surface area (Å²) in [7, 11) is -3.78. The van der Waals surface area contributed by atoms with Crippen molar-refractivity contribution in [3.05, 3.63) is 42.5 Å². The summed E-state index contributed by atoms with van der Waals surface area (Å²) in [5.74, 6) is -0.142. The Hall–Kier alpha value is -2.95. The third kappa shape index (κ3) is 5.35. The summed E-state index contributed by atoms with van der Waals surface area (Å²) in [6.07, 6.45) is -0.818. The number of fused-ring (bicyclic) bond motifs is 1. The molecule has 2 amide bonds. The fourth-order valence-corrected chi connectivity index (χ4v) is 4.90. The van der Waals surface area contributed by atoms with E-state index in [1.54, 1.807) is 49.1 Å². The van der Waals surface area contributed by atoms with E-state index in [0.717, 1.165) is 0 Å². The lowest BCUT2D eigenvalue weighted by Crippen LogP contribution is -2.51. The van der Waals surface area contributed by atoms with Crippen molar-refractivity contribution >= 4 is 33.4 Å². The summed E-state index contributed by atoms with van der Waals surface area (Å²) in [5.41, 5.74) is 2.39. The van der Waals surface area contributed by atoms with Gasteiger partial charge in [-0.15, -0.1) is 0 Å². The molecule has 10 heteroatoms. The second-order valence-electron chi connectivity index (χ2n) is 8.13. The molecule has 0 spiro atoms. The van der Waals surface area contributed by atoms with Gasteiger partial charge in [-0.2, -0.15) is 0 Å². The van der Waals surface area contributed by atoms with E-state index >= 15 is 0 Å². The van der Waals surface area contributed by atoms with E-state index in [2.05, 4.69) is 4.72 Å². The van der Waals surface area contributed by atoms with Gasteiger partial charge < -0.3 is 14.7 Å². The molecular weight excluding hydrogens is 446 g/mol. The van der Waals surface area contributed by atoms with Crippen molar-refractivity contribution in [3.63, 3.8) is 0 Å². The van der Waals surface area contributed by atoms with Crippen molar-refractivity contribution in [2.24, 2.45) is 0 Å². The van der Waals surface area contributed by atoms with Crippen LogP contribution in [0.25, 0.3) is 11.1 Å². The normalized spacial score (nSPS) is 16.0. The van der Waals surface area contributed by atoms with Gasteiger partial charge in [0.25, 0.3) is 0 Å². The second-order valence-corrected chi connectivity index (χ2v) is 9.90. The van der Waals surface area contributed by atoms with Gasteiger partial charge in [0, 0.05) is 20.0 Å². The average Bonchev–Trinajstić information content (AvgIpc) is 2.76. The van der Waals surface area contributed by atoms with E-state index in [1.165, 1.54) is 24.0 Å². The highest BCUT2D eigenvalue weighted by Crippen LogP contribution is 2.39. The van der Waals surface area contributed by atoms with Crippen molar-refractivity contribution in [2.75, 3.05) is 29.5 Å². The molecule has 2 aromatic carbocycles. The zero-order valence-corrected chi connectivity index (χ0v) is 19.9. The number of hydrogen-bond acceptors (Lipinski definition) is 6. The minimum atomic E-state index is -3.78. The van der Waals surface area contributed by atoms with Crippen molar-refractivity contribution in [2.45, 2.75) is 44.7 Å². The molecule has 2 aromatic rings. The molecule has 1 heterocycles.